The van der Waals surface area contributed by atoms with Crippen LogP contribution in [0, 0.1) is 6.92 Å². The Morgan fingerprint density at radius 2 is 1.69 bits per heavy atom. The second-order valence-electron chi connectivity index (χ2n) is 5.40. The third kappa shape index (κ3) is 5.53. The molecule has 26 heavy (non-hydrogen) atoms. The molecule has 1 atom stereocenters. The van der Waals surface area contributed by atoms with Crippen LogP contribution in [0.2, 0.25) is 0 Å². The van der Waals surface area contributed by atoms with E-state index in [2.05, 4.69) is 10.1 Å². The lowest BCUT2D eigenvalue weighted by atomic mass is 10.1. The van der Waals surface area contributed by atoms with Crippen molar-refractivity contribution in [3.05, 3.63) is 65.2 Å². The van der Waals surface area contributed by atoms with Gasteiger partial charge in [0.2, 0.25) is 10.0 Å². The summed E-state index contributed by atoms with van der Waals surface area (Å²) in [5.74, 6) is -0.771. The summed E-state index contributed by atoms with van der Waals surface area (Å²) in [5.41, 5.74) is 1.57. The molecule has 0 radical (unpaired) electrons. The molecule has 0 saturated carbocycles. The number of aryl methyl sites for hydroxylation is 1. The SMILES string of the molecule is COC(=O)c1cccc(O[C@H](NC(=O)c2cccc(C)c2)C(Cl)(Cl)Cl)c1. The zero-order valence-corrected chi connectivity index (χ0v) is 16.2. The lowest BCUT2D eigenvalue weighted by molar-refractivity contribution is 0.0598. The van der Waals surface area contributed by atoms with Crippen LogP contribution in [0.3, 0.4) is 0 Å². The normalized spacial score (nSPS) is 12.2. The minimum absolute atomic E-state index is 0.230. The molecule has 1 amide bonds. The molecule has 2 aromatic carbocycles. The number of nitrogens with one attached hydrogen (secondary N) is 1. The highest BCUT2D eigenvalue weighted by molar-refractivity contribution is 6.68. The van der Waals surface area contributed by atoms with Crippen molar-refractivity contribution in [1.82, 2.24) is 5.32 Å². The molecule has 0 aliphatic heterocycles. The highest BCUT2D eigenvalue weighted by Gasteiger charge is 2.36. The first-order valence-corrected chi connectivity index (χ1v) is 8.63. The maximum Gasteiger partial charge on any atom is 0.337 e. The fraction of sp³-hybridized carbons (Fsp3) is 0.222. The van der Waals surface area contributed by atoms with Gasteiger partial charge in [0.1, 0.15) is 5.75 Å². The van der Waals surface area contributed by atoms with Crippen LogP contribution < -0.4 is 10.1 Å². The van der Waals surface area contributed by atoms with Crippen LogP contribution >= 0.6 is 34.8 Å². The quantitative estimate of drug-likeness (QED) is 0.449. The Balaban J connectivity index is 2.21. The number of alkyl halides is 3. The van der Waals surface area contributed by atoms with Crippen LogP contribution in [-0.4, -0.2) is 29.0 Å². The number of amides is 1. The van der Waals surface area contributed by atoms with Crippen molar-refractivity contribution in [2.75, 3.05) is 7.11 Å². The number of ether oxygens (including phenoxy) is 2. The average molecular weight is 417 g/mol. The van der Waals surface area contributed by atoms with E-state index in [1.807, 2.05) is 13.0 Å². The summed E-state index contributed by atoms with van der Waals surface area (Å²) in [6.45, 7) is 1.86. The predicted molar refractivity (Wildman–Crippen MR) is 101 cm³/mol. The van der Waals surface area contributed by atoms with E-state index in [4.69, 9.17) is 39.5 Å². The van der Waals surface area contributed by atoms with Crippen LogP contribution in [-0.2, 0) is 4.74 Å². The number of benzene rings is 2. The minimum atomic E-state index is -1.94. The second-order valence-corrected chi connectivity index (χ2v) is 7.77. The number of halogens is 3. The van der Waals surface area contributed by atoms with Crippen molar-refractivity contribution >= 4 is 46.7 Å². The van der Waals surface area contributed by atoms with Gasteiger partial charge in [-0.2, -0.15) is 0 Å². The number of esters is 1. The molecule has 0 aliphatic rings. The van der Waals surface area contributed by atoms with E-state index in [9.17, 15) is 9.59 Å². The van der Waals surface area contributed by atoms with E-state index >= 15 is 0 Å². The van der Waals surface area contributed by atoms with Gasteiger partial charge in [0.05, 0.1) is 12.7 Å². The Labute approximate surface area is 166 Å². The molecule has 0 heterocycles. The van der Waals surface area contributed by atoms with E-state index in [0.717, 1.165) is 5.56 Å². The topological polar surface area (TPSA) is 64.6 Å². The smallest absolute Gasteiger partial charge is 0.337 e. The zero-order valence-electron chi connectivity index (χ0n) is 14.0. The van der Waals surface area contributed by atoms with E-state index < -0.39 is 21.9 Å². The van der Waals surface area contributed by atoms with E-state index in [0.29, 0.717) is 5.56 Å². The second kappa shape index (κ2) is 8.62. The summed E-state index contributed by atoms with van der Waals surface area (Å²) in [7, 11) is 1.27. The van der Waals surface area contributed by atoms with Crippen LogP contribution in [0.25, 0.3) is 0 Å². The molecule has 1 N–H and O–H groups in total. The molecular formula is C18H16Cl3NO4. The molecule has 0 spiro atoms. The summed E-state index contributed by atoms with van der Waals surface area (Å²) in [6, 6.07) is 13.1. The highest BCUT2D eigenvalue weighted by atomic mass is 35.6. The molecule has 0 bridgehead atoms. The number of carbonyl (C=O) groups excluding carboxylic acids is 2. The summed E-state index contributed by atoms with van der Waals surface area (Å²) in [6.07, 6.45) is -1.28. The van der Waals surface area contributed by atoms with Gasteiger partial charge < -0.3 is 14.8 Å². The molecule has 0 aromatic heterocycles. The van der Waals surface area contributed by atoms with Gasteiger partial charge >= 0.3 is 5.97 Å². The third-order valence-electron chi connectivity index (χ3n) is 3.35. The van der Waals surface area contributed by atoms with Gasteiger partial charge in [-0.05, 0) is 37.3 Å². The van der Waals surface area contributed by atoms with Gasteiger partial charge in [-0.1, -0.05) is 58.6 Å². The molecule has 0 saturated heterocycles. The molecular weight excluding hydrogens is 401 g/mol. The number of methoxy groups -OCH3 is 1. The first-order valence-electron chi connectivity index (χ1n) is 7.50. The Morgan fingerprint density at radius 1 is 1.04 bits per heavy atom. The molecule has 2 aromatic rings. The molecule has 8 heteroatoms. The van der Waals surface area contributed by atoms with Crippen molar-refractivity contribution in [1.29, 1.82) is 0 Å². The largest absolute Gasteiger partial charge is 0.466 e. The summed E-state index contributed by atoms with van der Waals surface area (Å²) >= 11 is 17.8. The van der Waals surface area contributed by atoms with Gasteiger partial charge in [0.15, 0.2) is 0 Å². The van der Waals surface area contributed by atoms with E-state index in [-0.39, 0.29) is 11.3 Å². The summed E-state index contributed by atoms with van der Waals surface area (Å²) < 4.78 is 8.31. The number of hydrogen-bond acceptors (Lipinski definition) is 4. The van der Waals surface area contributed by atoms with Gasteiger partial charge in [-0.25, -0.2) is 4.79 Å². The Kier molecular flexibility index (Phi) is 6.75. The Morgan fingerprint density at radius 3 is 2.31 bits per heavy atom. The molecule has 2 rings (SSSR count). The Bertz CT molecular complexity index is 805. The van der Waals surface area contributed by atoms with Crippen molar-refractivity contribution in [3.63, 3.8) is 0 Å². The van der Waals surface area contributed by atoms with Gasteiger partial charge in [0, 0.05) is 5.56 Å². The highest BCUT2D eigenvalue weighted by Crippen LogP contribution is 2.32. The third-order valence-corrected chi connectivity index (χ3v) is 3.94. The molecule has 0 unspecified atom stereocenters. The van der Waals surface area contributed by atoms with Crippen molar-refractivity contribution < 1.29 is 19.1 Å². The fourth-order valence-electron chi connectivity index (χ4n) is 2.12. The van der Waals surface area contributed by atoms with E-state index in [1.165, 1.54) is 13.2 Å². The number of hydrogen-bond donors (Lipinski definition) is 1. The van der Waals surface area contributed by atoms with Crippen LogP contribution in [0.15, 0.2) is 48.5 Å². The average Bonchev–Trinajstić information content (AvgIpc) is 2.59. The van der Waals surface area contributed by atoms with Gasteiger partial charge in [-0.15, -0.1) is 0 Å². The maximum atomic E-state index is 12.4. The molecule has 0 fully saturated rings. The van der Waals surface area contributed by atoms with Crippen LogP contribution in [0.1, 0.15) is 26.3 Å². The fourth-order valence-corrected chi connectivity index (χ4v) is 2.41. The van der Waals surface area contributed by atoms with Crippen molar-refractivity contribution in [2.45, 2.75) is 16.9 Å². The molecule has 138 valence electrons. The lowest BCUT2D eigenvalue weighted by Crippen LogP contribution is -2.47. The van der Waals surface area contributed by atoms with Crippen molar-refractivity contribution in [3.8, 4) is 5.75 Å². The van der Waals surface area contributed by atoms with Crippen LogP contribution in [0.5, 0.6) is 5.75 Å². The van der Waals surface area contributed by atoms with Gasteiger partial charge in [-0.3, -0.25) is 4.79 Å². The monoisotopic (exact) mass is 415 g/mol. The maximum absolute atomic E-state index is 12.4. The Hall–Kier alpha value is -1.95. The zero-order chi connectivity index (χ0) is 19.3. The van der Waals surface area contributed by atoms with Gasteiger partial charge in [0.25, 0.3) is 5.91 Å². The standard InChI is InChI=1S/C18H16Cl3NO4/c1-11-5-3-6-12(9-11)15(23)22-17(18(19,20)21)26-14-8-4-7-13(10-14)16(24)25-2/h3-10,17H,1-2H3,(H,22,23)/t17-/m0/s1. The molecule has 5 nitrogen and oxygen atoms in total. The summed E-state index contributed by atoms with van der Waals surface area (Å²) in [4.78, 5) is 24.0. The first kappa shape index (κ1) is 20.4. The summed E-state index contributed by atoms with van der Waals surface area (Å²) in [5, 5.41) is 2.54. The first-order chi connectivity index (χ1) is 12.2. The number of rotatable bonds is 5. The van der Waals surface area contributed by atoms with Crippen molar-refractivity contribution in [2.24, 2.45) is 0 Å². The predicted octanol–water partition coefficient (Wildman–Crippen LogP) is 4.29. The minimum Gasteiger partial charge on any atom is -0.466 e. The molecule has 0 aliphatic carbocycles. The van der Waals surface area contributed by atoms with E-state index in [1.54, 1.807) is 36.4 Å². The lowest BCUT2D eigenvalue weighted by Gasteiger charge is -2.26. The van der Waals surface area contributed by atoms with Crippen LogP contribution in [0.4, 0.5) is 0 Å². The number of carbonyl (C=O) groups is 2.